The van der Waals surface area contributed by atoms with Crippen LogP contribution in [0.4, 0.5) is 5.69 Å². The van der Waals surface area contributed by atoms with E-state index in [-0.39, 0.29) is 11.9 Å². The van der Waals surface area contributed by atoms with Gasteiger partial charge < -0.3 is 5.32 Å². The first-order chi connectivity index (χ1) is 13.0. The second-order valence-corrected chi connectivity index (χ2v) is 7.50. The van der Waals surface area contributed by atoms with Gasteiger partial charge in [0.2, 0.25) is 11.1 Å². The molecular formula is C18H23N7OS. The number of amides is 1. The number of tetrazole rings is 1. The van der Waals surface area contributed by atoms with Crippen molar-refractivity contribution in [2.24, 2.45) is 0 Å². The van der Waals surface area contributed by atoms with Gasteiger partial charge in [-0.1, -0.05) is 30.0 Å². The maximum absolute atomic E-state index is 12.4. The van der Waals surface area contributed by atoms with Crippen molar-refractivity contribution in [3.05, 3.63) is 41.7 Å². The third kappa shape index (κ3) is 4.36. The van der Waals surface area contributed by atoms with Crippen molar-refractivity contribution < 1.29 is 4.79 Å². The average Bonchev–Trinajstić information content (AvgIpc) is 3.22. The van der Waals surface area contributed by atoms with Crippen LogP contribution in [-0.4, -0.2) is 41.6 Å². The Morgan fingerprint density at radius 3 is 2.67 bits per heavy atom. The Kier molecular flexibility index (Phi) is 5.90. The highest BCUT2D eigenvalue weighted by Gasteiger charge is 2.16. The lowest BCUT2D eigenvalue weighted by molar-refractivity contribution is -0.115. The largest absolute Gasteiger partial charge is 0.323 e. The zero-order valence-electron chi connectivity index (χ0n) is 15.9. The van der Waals surface area contributed by atoms with Gasteiger partial charge >= 0.3 is 0 Å². The van der Waals surface area contributed by atoms with Crippen LogP contribution in [-0.2, 0) is 4.79 Å². The number of anilines is 1. The highest BCUT2D eigenvalue weighted by Crippen LogP contribution is 2.23. The third-order valence-corrected chi connectivity index (χ3v) is 5.00. The van der Waals surface area contributed by atoms with Gasteiger partial charge in [-0.05, 0) is 50.3 Å². The molecule has 142 valence electrons. The van der Waals surface area contributed by atoms with E-state index in [0.29, 0.717) is 12.2 Å². The first-order valence-corrected chi connectivity index (χ1v) is 9.78. The smallest absolute Gasteiger partial charge is 0.225 e. The van der Waals surface area contributed by atoms with E-state index in [9.17, 15) is 4.79 Å². The van der Waals surface area contributed by atoms with E-state index in [1.807, 2.05) is 62.7 Å². The monoisotopic (exact) mass is 385 g/mol. The summed E-state index contributed by atoms with van der Waals surface area (Å²) in [5.74, 6) is 0.550. The van der Waals surface area contributed by atoms with E-state index >= 15 is 0 Å². The molecule has 0 bridgehead atoms. The van der Waals surface area contributed by atoms with E-state index in [2.05, 4.69) is 25.9 Å². The molecule has 0 aliphatic heterocycles. The minimum Gasteiger partial charge on any atom is -0.323 e. The highest BCUT2D eigenvalue weighted by molar-refractivity contribution is 7.99. The zero-order valence-corrected chi connectivity index (χ0v) is 16.7. The third-order valence-electron chi connectivity index (χ3n) is 4.07. The molecule has 0 saturated heterocycles. The summed E-state index contributed by atoms with van der Waals surface area (Å²) in [5, 5.41) is 19.9. The first kappa shape index (κ1) is 19.1. The number of nitrogens with one attached hydrogen (secondary N) is 1. The van der Waals surface area contributed by atoms with Gasteiger partial charge in [-0.3, -0.25) is 4.79 Å². The van der Waals surface area contributed by atoms with Gasteiger partial charge in [0.15, 0.2) is 0 Å². The average molecular weight is 385 g/mol. The van der Waals surface area contributed by atoms with Gasteiger partial charge in [0, 0.05) is 12.2 Å². The maximum atomic E-state index is 12.4. The number of hydrogen-bond donors (Lipinski definition) is 1. The van der Waals surface area contributed by atoms with Crippen LogP contribution in [0.5, 0.6) is 0 Å². The second kappa shape index (κ2) is 8.34. The molecule has 0 unspecified atom stereocenters. The zero-order chi connectivity index (χ0) is 19.4. The molecule has 8 nitrogen and oxygen atoms in total. The first-order valence-electron chi connectivity index (χ1n) is 8.79. The Morgan fingerprint density at radius 2 is 1.96 bits per heavy atom. The van der Waals surface area contributed by atoms with Crippen molar-refractivity contribution in [3.63, 3.8) is 0 Å². The van der Waals surface area contributed by atoms with Gasteiger partial charge in [0.1, 0.15) is 0 Å². The predicted octanol–water partition coefficient (Wildman–Crippen LogP) is 3.18. The second-order valence-electron chi connectivity index (χ2n) is 6.44. The van der Waals surface area contributed by atoms with Crippen molar-refractivity contribution in [2.45, 2.75) is 45.3 Å². The highest BCUT2D eigenvalue weighted by atomic mass is 32.2. The molecule has 2 aromatic heterocycles. The van der Waals surface area contributed by atoms with Gasteiger partial charge in [0.25, 0.3) is 0 Å². The maximum Gasteiger partial charge on any atom is 0.225 e. The quantitative estimate of drug-likeness (QED) is 0.628. The van der Waals surface area contributed by atoms with Crippen LogP contribution < -0.4 is 5.32 Å². The molecular weight excluding hydrogens is 362 g/mol. The van der Waals surface area contributed by atoms with Crippen molar-refractivity contribution >= 4 is 23.4 Å². The summed E-state index contributed by atoms with van der Waals surface area (Å²) in [7, 11) is 0. The van der Waals surface area contributed by atoms with E-state index in [4.69, 9.17) is 0 Å². The van der Waals surface area contributed by atoms with E-state index in [1.165, 1.54) is 11.8 Å². The molecule has 0 atom stereocenters. The Labute approximate surface area is 162 Å². The number of carbonyl (C=O) groups excluding carboxylic acids is 1. The van der Waals surface area contributed by atoms with Crippen molar-refractivity contribution in [1.82, 2.24) is 30.0 Å². The molecule has 0 radical (unpaired) electrons. The van der Waals surface area contributed by atoms with Crippen LogP contribution in [0.3, 0.4) is 0 Å². The van der Waals surface area contributed by atoms with Crippen LogP contribution >= 0.6 is 11.8 Å². The molecule has 1 amide bonds. The molecule has 3 aromatic rings. The molecule has 9 heteroatoms. The topological polar surface area (TPSA) is 90.5 Å². The molecule has 1 N–H and O–H groups in total. The minimum atomic E-state index is -0.0510. The van der Waals surface area contributed by atoms with Crippen LogP contribution in [0.25, 0.3) is 5.69 Å². The molecule has 3 rings (SSSR count). The Morgan fingerprint density at radius 1 is 1.22 bits per heavy atom. The van der Waals surface area contributed by atoms with Crippen LogP contribution in [0.15, 0.2) is 35.5 Å². The molecule has 0 spiro atoms. The van der Waals surface area contributed by atoms with Gasteiger partial charge in [-0.2, -0.15) is 5.10 Å². The van der Waals surface area contributed by atoms with Gasteiger partial charge in [-0.15, -0.1) is 5.10 Å². The number of hydrogen-bond acceptors (Lipinski definition) is 6. The fourth-order valence-corrected chi connectivity index (χ4v) is 3.63. The van der Waals surface area contributed by atoms with Crippen LogP contribution in [0.1, 0.15) is 37.7 Å². The number of para-hydroxylation sites is 1. The fraction of sp³-hybridized carbons (Fsp3) is 0.389. The molecule has 2 heterocycles. The Balaban J connectivity index is 1.61. The number of aryl methyl sites for hydroxylation is 1. The SMILES string of the molecule is Cc1nn(-c2ccccc2)c(C)c1NC(=O)CCSc1nnnn1C(C)C. The fourth-order valence-electron chi connectivity index (χ4n) is 2.69. The molecule has 0 aliphatic rings. The molecule has 1 aromatic carbocycles. The number of nitrogens with zero attached hydrogens (tertiary/aromatic N) is 6. The lowest BCUT2D eigenvalue weighted by Crippen LogP contribution is -2.14. The van der Waals surface area contributed by atoms with Crippen LogP contribution in [0.2, 0.25) is 0 Å². The van der Waals surface area contributed by atoms with Crippen molar-refractivity contribution in [3.8, 4) is 5.69 Å². The predicted molar refractivity (Wildman–Crippen MR) is 105 cm³/mol. The normalized spacial score (nSPS) is 11.1. The summed E-state index contributed by atoms with van der Waals surface area (Å²) in [6.45, 7) is 7.88. The Hall–Kier alpha value is -2.68. The van der Waals surface area contributed by atoms with Crippen LogP contribution in [0, 0.1) is 13.8 Å². The van der Waals surface area contributed by atoms with E-state index in [0.717, 1.165) is 27.9 Å². The number of carbonyl (C=O) groups is 1. The van der Waals surface area contributed by atoms with Crippen molar-refractivity contribution in [1.29, 1.82) is 0 Å². The molecule has 27 heavy (non-hydrogen) atoms. The summed E-state index contributed by atoms with van der Waals surface area (Å²) in [6, 6.07) is 10.1. The summed E-state index contributed by atoms with van der Waals surface area (Å²) >= 11 is 1.48. The molecule has 0 aliphatic carbocycles. The number of aromatic nitrogens is 6. The molecule has 0 saturated carbocycles. The van der Waals surface area contributed by atoms with Gasteiger partial charge in [-0.25, -0.2) is 9.36 Å². The summed E-state index contributed by atoms with van der Waals surface area (Å²) in [6.07, 6.45) is 0.366. The van der Waals surface area contributed by atoms with E-state index < -0.39 is 0 Å². The molecule has 0 fully saturated rings. The Bertz CT molecular complexity index is 917. The summed E-state index contributed by atoms with van der Waals surface area (Å²) < 4.78 is 3.59. The summed E-state index contributed by atoms with van der Waals surface area (Å²) in [5.41, 5.74) is 3.43. The standard InChI is InChI=1S/C18H23N7OS/c1-12(2)24-18(20-22-23-24)27-11-10-16(26)19-17-13(3)21-25(14(17)4)15-8-6-5-7-9-15/h5-9,12H,10-11H2,1-4H3,(H,19,26). The lowest BCUT2D eigenvalue weighted by Gasteiger charge is -2.08. The van der Waals surface area contributed by atoms with E-state index in [1.54, 1.807) is 4.68 Å². The number of benzene rings is 1. The number of thioether (sulfide) groups is 1. The van der Waals surface area contributed by atoms with Crippen molar-refractivity contribution in [2.75, 3.05) is 11.1 Å². The number of rotatable bonds is 7. The van der Waals surface area contributed by atoms with Gasteiger partial charge in [0.05, 0.1) is 28.8 Å². The lowest BCUT2D eigenvalue weighted by atomic mass is 10.3. The minimum absolute atomic E-state index is 0.0510. The summed E-state index contributed by atoms with van der Waals surface area (Å²) in [4.78, 5) is 12.4.